The van der Waals surface area contributed by atoms with Gasteiger partial charge >= 0.3 is 12.2 Å². The number of alkyl halides is 3. The molecule has 2 N–H and O–H groups in total. The Bertz CT molecular complexity index is 932. The molecule has 0 fully saturated rings. The highest BCUT2D eigenvalue weighted by Gasteiger charge is 2.33. The highest BCUT2D eigenvalue weighted by molar-refractivity contribution is 9.10. The highest BCUT2D eigenvalue weighted by atomic mass is 79.9. The van der Waals surface area contributed by atoms with Crippen LogP contribution < -0.4 is 10.6 Å². The molecule has 0 bridgehead atoms. The molecule has 9 nitrogen and oxygen atoms in total. The number of carbonyl (C=O) groups excluding carboxylic acids is 2. The Morgan fingerprint density at radius 3 is 2.48 bits per heavy atom. The monoisotopic (exact) mass is 481 g/mol. The summed E-state index contributed by atoms with van der Waals surface area (Å²) in [5, 5.41) is 15.0. The summed E-state index contributed by atoms with van der Waals surface area (Å²) in [4.78, 5) is 25.3. The fraction of sp³-hybridized carbons (Fsp3) is 0.400. The molecule has 158 valence electrons. The van der Waals surface area contributed by atoms with E-state index in [-0.39, 0.29) is 28.2 Å². The van der Waals surface area contributed by atoms with E-state index in [1.165, 1.54) is 20.9 Å². The minimum Gasteiger partial charge on any atom is -0.316 e. The molecule has 0 aliphatic rings. The number of urea groups is 1. The molecule has 0 aliphatic carbocycles. The van der Waals surface area contributed by atoms with E-state index < -0.39 is 36.0 Å². The Morgan fingerprint density at radius 1 is 1.31 bits per heavy atom. The predicted molar refractivity (Wildman–Crippen MR) is 97.9 cm³/mol. The van der Waals surface area contributed by atoms with E-state index in [0.29, 0.717) is 4.90 Å². The van der Waals surface area contributed by atoms with Crippen molar-refractivity contribution in [2.24, 2.45) is 7.05 Å². The van der Waals surface area contributed by atoms with Crippen LogP contribution in [0, 0.1) is 12.7 Å². The Morgan fingerprint density at radius 2 is 1.97 bits per heavy atom. The summed E-state index contributed by atoms with van der Waals surface area (Å²) in [6.45, 7) is 1.05. The quantitative estimate of drug-likeness (QED) is 0.638. The van der Waals surface area contributed by atoms with Crippen molar-refractivity contribution in [2.45, 2.75) is 20.0 Å². The van der Waals surface area contributed by atoms with Crippen LogP contribution in [0.1, 0.15) is 22.8 Å². The maximum absolute atomic E-state index is 14.4. The molecular weight excluding hydrogens is 466 g/mol. The summed E-state index contributed by atoms with van der Waals surface area (Å²) < 4.78 is 53.5. The number of amides is 3. The largest absolute Gasteiger partial charge is 0.406 e. The summed E-state index contributed by atoms with van der Waals surface area (Å²) >= 11 is 3.05. The number of hydrogen-bond acceptors (Lipinski definition) is 5. The Kier molecular flexibility index (Phi) is 6.77. The maximum Gasteiger partial charge on any atom is 0.406 e. The topological polar surface area (TPSA) is 105 Å². The lowest BCUT2D eigenvalue weighted by Gasteiger charge is -2.24. The van der Waals surface area contributed by atoms with Gasteiger partial charge in [0.1, 0.15) is 12.4 Å². The van der Waals surface area contributed by atoms with E-state index in [9.17, 15) is 27.2 Å². The van der Waals surface area contributed by atoms with Crippen molar-refractivity contribution < 1.29 is 27.2 Å². The number of halogens is 5. The number of benzene rings is 1. The van der Waals surface area contributed by atoms with Gasteiger partial charge in [0.15, 0.2) is 0 Å². The minimum atomic E-state index is -4.59. The Labute approximate surface area is 170 Å². The lowest BCUT2D eigenvalue weighted by molar-refractivity contribution is -0.139. The smallest absolute Gasteiger partial charge is 0.316 e. The average molecular weight is 482 g/mol. The molecule has 0 saturated heterocycles. The fourth-order valence-corrected chi connectivity index (χ4v) is 3.00. The number of nitrogens with one attached hydrogen (secondary N) is 2. The number of carbonyl (C=O) groups is 2. The first-order valence-electron chi connectivity index (χ1n) is 8.09. The zero-order valence-corrected chi connectivity index (χ0v) is 17.0. The molecular formula is C15H16BrF4N7O2. The van der Waals surface area contributed by atoms with Gasteiger partial charge in [-0.3, -0.25) is 10.1 Å². The van der Waals surface area contributed by atoms with Crippen LogP contribution in [0.5, 0.6) is 0 Å². The molecule has 3 amide bonds. The predicted octanol–water partition coefficient (Wildman–Crippen LogP) is 3.09. The molecule has 29 heavy (non-hydrogen) atoms. The molecule has 0 aliphatic heterocycles. The summed E-state index contributed by atoms with van der Waals surface area (Å²) in [6, 6.07) is -0.129. The first-order valence-corrected chi connectivity index (χ1v) is 8.88. The van der Waals surface area contributed by atoms with Crippen molar-refractivity contribution in [1.82, 2.24) is 25.1 Å². The lowest BCUT2D eigenvalue weighted by atomic mass is 10.1. The van der Waals surface area contributed by atoms with Gasteiger partial charge in [0, 0.05) is 18.1 Å². The number of hydrogen-bond donors (Lipinski definition) is 2. The van der Waals surface area contributed by atoms with Gasteiger partial charge in [-0.1, -0.05) is 5.10 Å². The third kappa shape index (κ3) is 5.40. The molecule has 0 atom stereocenters. The molecule has 0 spiro atoms. The van der Waals surface area contributed by atoms with Crippen LogP contribution in [-0.4, -0.2) is 56.3 Å². The summed E-state index contributed by atoms with van der Waals surface area (Å²) in [5.74, 6) is -1.86. The van der Waals surface area contributed by atoms with Crippen molar-refractivity contribution in [1.29, 1.82) is 0 Å². The summed E-state index contributed by atoms with van der Waals surface area (Å²) in [7, 11) is 1.45. The first-order chi connectivity index (χ1) is 13.4. The van der Waals surface area contributed by atoms with E-state index in [0.717, 1.165) is 10.7 Å². The van der Waals surface area contributed by atoms with Crippen molar-refractivity contribution >= 4 is 39.5 Å². The van der Waals surface area contributed by atoms with Gasteiger partial charge in [-0.15, -0.1) is 0 Å². The molecule has 1 heterocycles. The first kappa shape index (κ1) is 22.5. The van der Waals surface area contributed by atoms with E-state index in [4.69, 9.17) is 0 Å². The van der Waals surface area contributed by atoms with Gasteiger partial charge in [-0.2, -0.15) is 13.2 Å². The van der Waals surface area contributed by atoms with Crippen LogP contribution in [0.4, 0.5) is 34.0 Å². The highest BCUT2D eigenvalue weighted by Crippen LogP contribution is 2.32. The summed E-state index contributed by atoms with van der Waals surface area (Å²) in [5.41, 5.74) is -0.468. The maximum atomic E-state index is 14.4. The van der Waals surface area contributed by atoms with Crippen molar-refractivity contribution in [2.75, 3.05) is 23.7 Å². The Hall–Kier alpha value is -2.77. The zero-order valence-electron chi connectivity index (χ0n) is 15.4. The number of rotatable bonds is 5. The van der Waals surface area contributed by atoms with Gasteiger partial charge < -0.3 is 10.2 Å². The average Bonchev–Trinajstić information content (AvgIpc) is 3.00. The molecule has 0 saturated carbocycles. The molecule has 0 unspecified atom stereocenters. The second-order valence-corrected chi connectivity index (χ2v) is 6.71. The SMILES string of the molecule is CCN(CC(F)(F)F)C(=O)Nc1c(Br)cc(F)c(C(=O)Nc2nnnn2C)c1C. The van der Waals surface area contributed by atoms with Crippen LogP contribution in [-0.2, 0) is 7.05 Å². The molecule has 2 aromatic rings. The number of tetrazole rings is 1. The van der Waals surface area contributed by atoms with E-state index in [1.807, 2.05) is 0 Å². The van der Waals surface area contributed by atoms with Crippen LogP contribution in [0.2, 0.25) is 0 Å². The second kappa shape index (κ2) is 8.71. The molecule has 1 aromatic carbocycles. The van der Waals surface area contributed by atoms with Gasteiger partial charge in [0.05, 0.1) is 11.3 Å². The second-order valence-electron chi connectivity index (χ2n) is 5.85. The minimum absolute atomic E-state index is 0.000847. The number of nitrogens with zero attached hydrogens (tertiary/aromatic N) is 5. The summed E-state index contributed by atoms with van der Waals surface area (Å²) in [6.07, 6.45) is -4.59. The van der Waals surface area contributed by atoms with Crippen LogP contribution in [0.3, 0.4) is 0 Å². The molecule has 1 aromatic heterocycles. The molecule has 2 rings (SSSR count). The number of aryl methyl sites for hydroxylation is 1. The van der Waals surface area contributed by atoms with Crippen LogP contribution >= 0.6 is 15.9 Å². The standard InChI is InChI=1S/C15H16BrF4N7O2/c1-4-27(6-15(18,19)20)14(29)21-11-7(2)10(9(17)5-8(11)16)12(28)22-13-23-24-25-26(13)3/h5H,4,6H2,1-3H3,(H,21,29)(H,22,23,25,28). The van der Waals surface area contributed by atoms with E-state index in [2.05, 4.69) is 42.1 Å². The third-order valence-electron chi connectivity index (χ3n) is 3.82. The van der Waals surface area contributed by atoms with Gasteiger partial charge in [-0.05, 0) is 51.8 Å². The van der Waals surface area contributed by atoms with Gasteiger partial charge in [0.25, 0.3) is 5.91 Å². The fourth-order valence-electron chi connectivity index (χ4n) is 2.40. The number of aromatic nitrogens is 4. The van der Waals surface area contributed by atoms with E-state index >= 15 is 0 Å². The lowest BCUT2D eigenvalue weighted by Crippen LogP contribution is -2.41. The molecule has 0 radical (unpaired) electrons. The van der Waals surface area contributed by atoms with Crippen molar-refractivity contribution in [3.63, 3.8) is 0 Å². The van der Waals surface area contributed by atoms with Crippen molar-refractivity contribution in [3.8, 4) is 0 Å². The van der Waals surface area contributed by atoms with Crippen LogP contribution in [0.25, 0.3) is 0 Å². The zero-order chi connectivity index (χ0) is 21.9. The normalized spacial score (nSPS) is 11.3. The number of anilines is 2. The Balaban J connectivity index is 2.34. The molecule has 14 heteroatoms. The van der Waals surface area contributed by atoms with Gasteiger partial charge in [0.2, 0.25) is 5.95 Å². The van der Waals surface area contributed by atoms with E-state index in [1.54, 1.807) is 0 Å². The van der Waals surface area contributed by atoms with Crippen LogP contribution in [0.15, 0.2) is 10.5 Å². The van der Waals surface area contributed by atoms with Crippen molar-refractivity contribution in [3.05, 3.63) is 27.5 Å². The third-order valence-corrected chi connectivity index (χ3v) is 4.45. The van der Waals surface area contributed by atoms with Gasteiger partial charge in [-0.25, -0.2) is 13.9 Å².